The maximum absolute atomic E-state index is 5.96. The third-order valence-corrected chi connectivity index (χ3v) is 2.74. The Kier molecular flexibility index (Phi) is 7.80. The van der Waals surface area contributed by atoms with Crippen molar-refractivity contribution in [1.29, 1.82) is 0 Å². The van der Waals surface area contributed by atoms with E-state index in [1.807, 2.05) is 20.8 Å². The van der Waals surface area contributed by atoms with Gasteiger partial charge in [-0.05, 0) is 20.8 Å². The van der Waals surface area contributed by atoms with Gasteiger partial charge in [0.05, 0.1) is 0 Å². The van der Waals surface area contributed by atoms with Crippen molar-refractivity contribution in [2.75, 3.05) is 19.8 Å². The molecular weight excluding hydrogens is 224 g/mol. The highest BCUT2D eigenvalue weighted by Crippen LogP contribution is 2.25. The van der Waals surface area contributed by atoms with Crippen LogP contribution < -0.4 is 0 Å². The van der Waals surface area contributed by atoms with Gasteiger partial charge in [0.25, 0.3) is 0 Å². The van der Waals surface area contributed by atoms with Crippen molar-refractivity contribution in [3.8, 4) is 0 Å². The Morgan fingerprint density at radius 3 is 1.64 bits per heavy atom. The van der Waals surface area contributed by atoms with E-state index in [0.29, 0.717) is 30.3 Å². The third-order valence-electron chi connectivity index (χ3n) is 1.52. The van der Waals surface area contributed by atoms with Gasteiger partial charge in [0, 0.05) is 19.8 Å². The lowest BCUT2D eigenvalue weighted by atomic mass is 10.5. The normalized spacial score (nSPS) is 14.6. The predicted molar refractivity (Wildman–Crippen MR) is 58.3 cm³/mol. The number of hydrogen-bond donors (Lipinski definition) is 0. The highest BCUT2D eigenvalue weighted by atomic mass is 35.5. The fourth-order valence-electron chi connectivity index (χ4n) is 1.07. The predicted octanol–water partition coefficient (Wildman–Crippen LogP) is 0.612. The molecule has 0 spiro atoms. The van der Waals surface area contributed by atoms with Gasteiger partial charge in [-0.3, -0.25) is 0 Å². The summed E-state index contributed by atoms with van der Waals surface area (Å²) in [5.74, 6) is -1.26. The molecule has 4 nitrogen and oxygen atoms in total. The van der Waals surface area contributed by atoms with E-state index in [0.717, 1.165) is 0 Å². The minimum Gasteiger partial charge on any atom is -0.406 e. The van der Waals surface area contributed by atoms with Crippen LogP contribution in [0.2, 0.25) is 0 Å². The molecule has 6 heteroatoms. The molecule has 0 radical (unpaired) electrons. The van der Waals surface area contributed by atoms with E-state index in [-0.39, 0.29) is 0 Å². The quantitative estimate of drug-likeness (QED) is 0.355. The van der Waals surface area contributed by atoms with E-state index >= 15 is 0 Å². The molecule has 0 aliphatic heterocycles. The maximum atomic E-state index is 5.96. The molecule has 0 rings (SSSR count). The Morgan fingerprint density at radius 1 is 1.07 bits per heavy atom. The lowest BCUT2D eigenvalue weighted by Gasteiger charge is -2.34. The van der Waals surface area contributed by atoms with Gasteiger partial charge in [-0.2, -0.15) is 0 Å². The lowest BCUT2D eigenvalue weighted by molar-refractivity contribution is -0.393. The Bertz CT molecular complexity index is 130. The van der Waals surface area contributed by atoms with Crippen LogP contribution >= 0.6 is 11.6 Å². The van der Waals surface area contributed by atoms with E-state index in [4.69, 9.17) is 30.2 Å². The summed E-state index contributed by atoms with van der Waals surface area (Å²) in [7, 11) is 0.503. The SMILES string of the molecule is CCOC(OCC)(OCC)C(Cl)O[SiH3]. The first-order chi connectivity index (χ1) is 6.66. The van der Waals surface area contributed by atoms with Crippen molar-refractivity contribution in [1.82, 2.24) is 0 Å². The molecule has 0 N–H and O–H groups in total. The molecule has 0 aliphatic carbocycles. The maximum Gasteiger partial charge on any atom is 0.324 e. The van der Waals surface area contributed by atoms with Crippen molar-refractivity contribution in [3.05, 3.63) is 0 Å². The molecule has 0 heterocycles. The standard InChI is InChI=1S/C8H19ClO4Si/c1-4-10-8(11-5-2,12-6-3)7(9)13-14/h7H,4-6H2,1-3,14H3. The van der Waals surface area contributed by atoms with Crippen LogP contribution in [0.25, 0.3) is 0 Å². The lowest BCUT2D eigenvalue weighted by Crippen LogP contribution is -2.48. The zero-order valence-corrected chi connectivity index (χ0v) is 12.0. The Labute approximate surface area is 93.3 Å². The fourth-order valence-corrected chi connectivity index (χ4v) is 1.55. The molecule has 1 atom stereocenters. The average molecular weight is 243 g/mol. The number of halogens is 1. The summed E-state index contributed by atoms with van der Waals surface area (Å²) < 4.78 is 21.3. The Hall–Kier alpha value is 0.347. The minimum atomic E-state index is -1.26. The number of alkyl halides is 1. The summed E-state index contributed by atoms with van der Waals surface area (Å²) in [4.78, 5) is 0. The molecule has 0 bridgehead atoms. The first kappa shape index (κ1) is 14.3. The van der Waals surface area contributed by atoms with Crippen molar-refractivity contribution in [2.45, 2.75) is 32.3 Å². The number of rotatable bonds is 8. The third kappa shape index (κ3) is 3.84. The van der Waals surface area contributed by atoms with Crippen LogP contribution in [0.15, 0.2) is 0 Å². The van der Waals surface area contributed by atoms with E-state index in [2.05, 4.69) is 0 Å². The second-order valence-electron chi connectivity index (χ2n) is 2.45. The molecule has 0 aromatic carbocycles. The summed E-state index contributed by atoms with van der Waals surface area (Å²) in [6.45, 7) is 6.91. The zero-order chi connectivity index (χ0) is 11.0. The second kappa shape index (κ2) is 7.61. The first-order valence-electron chi connectivity index (χ1n) is 4.75. The number of hydrogen-bond acceptors (Lipinski definition) is 4. The van der Waals surface area contributed by atoms with Crippen LogP contribution in [0.3, 0.4) is 0 Å². The largest absolute Gasteiger partial charge is 0.406 e. The molecule has 0 aromatic heterocycles. The van der Waals surface area contributed by atoms with E-state index < -0.39 is 11.5 Å². The van der Waals surface area contributed by atoms with Crippen LogP contribution in [0.4, 0.5) is 0 Å². The van der Waals surface area contributed by atoms with Crippen molar-refractivity contribution in [2.24, 2.45) is 0 Å². The van der Waals surface area contributed by atoms with Gasteiger partial charge < -0.3 is 18.6 Å². The summed E-state index contributed by atoms with van der Waals surface area (Å²) >= 11 is 5.96. The van der Waals surface area contributed by atoms with Crippen LogP contribution in [-0.4, -0.2) is 41.8 Å². The molecule has 0 saturated heterocycles. The van der Waals surface area contributed by atoms with Crippen LogP contribution in [0, 0.1) is 0 Å². The molecule has 0 saturated carbocycles. The van der Waals surface area contributed by atoms with Gasteiger partial charge >= 0.3 is 5.97 Å². The highest BCUT2D eigenvalue weighted by molar-refractivity contribution is 6.21. The molecule has 0 aliphatic rings. The fraction of sp³-hybridized carbons (Fsp3) is 1.00. The summed E-state index contributed by atoms with van der Waals surface area (Å²) in [5.41, 5.74) is -0.728. The topological polar surface area (TPSA) is 36.9 Å². The van der Waals surface area contributed by atoms with Crippen LogP contribution in [0.5, 0.6) is 0 Å². The van der Waals surface area contributed by atoms with Gasteiger partial charge in [0.15, 0.2) is 0 Å². The van der Waals surface area contributed by atoms with E-state index in [1.165, 1.54) is 0 Å². The minimum absolute atomic E-state index is 0.453. The highest BCUT2D eigenvalue weighted by Gasteiger charge is 2.41. The zero-order valence-electron chi connectivity index (χ0n) is 9.21. The monoisotopic (exact) mass is 242 g/mol. The molecule has 86 valence electrons. The molecule has 14 heavy (non-hydrogen) atoms. The molecule has 0 amide bonds. The van der Waals surface area contributed by atoms with Gasteiger partial charge in [-0.1, -0.05) is 11.6 Å². The van der Waals surface area contributed by atoms with Crippen molar-refractivity contribution >= 4 is 22.1 Å². The summed E-state index contributed by atoms with van der Waals surface area (Å²) in [5, 5.41) is 0. The van der Waals surface area contributed by atoms with E-state index in [1.54, 1.807) is 0 Å². The van der Waals surface area contributed by atoms with Crippen LogP contribution in [-0.2, 0) is 18.6 Å². The van der Waals surface area contributed by atoms with Gasteiger partial charge in [-0.15, -0.1) is 0 Å². The average Bonchev–Trinajstić information content (AvgIpc) is 2.17. The van der Waals surface area contributed by atoms with Gasteiger partial charge in [0.1, 0.15) is 10.5 Å². The second-order valence-corrected chi connectivity index (χ2v) is 3.32. The van der Waals surface area contributed by atoms with Gasteiger partial charge in [0.2, 0.25) is 5.56 Å². The summed E-state index contributed by atoms with van der Waals surface area (Å²) in [6.07, 6.45) is 0. The molecular formula is C8H19ClO4Si. The summed E-state index contributed by atoms with van der Waals surface area (Å²) in [6, 6.07) is 0. The molecule has 0 aromatic rings. The Balaban J connectivity index is 4.53. The van der Waals surface area contributed by atoms with Crippen molar-refractivity contribution in [3.63, 3.8) is 0 Å². The molecule has 0 fully saturated rings. The first-order valence-corrected chi connectivity index (χ1v) is 6.00. The molecule has 1 unspecified atom stereocenters. The Morgan fingerprint density at radius 2 is 1.43 bits per heavy atom. The number of ether oxygens (including phenoxy) is 3. The van der Waals surface area contributed by atoms with E-state index in [9.17, 15) is 0 Å². The van der Waals surface area contributed by atoms with Crippen LogP contribution in [0.1, 0.15) is 20.8 Å². The van der Waals surface area contributed by atoms with Gasteiger partial charge in [-0.25, -0.2) is 0 Å². The van der Waals surface area contributed by atoms with Crippen molar-refractivity contribution < 1.29 is 18.6 Å². The smallest absolute Gasteiger partial charge is 0.324 e.